The smallest absolute Gasteiger partial charge is 0.279 e. The van der Waals surface area contributed by atoms with Crippen LogP contribution in [0.5, 0.6) is 0 Å². The van der Waals surface area contributed by atoms with Crippen molar-refractivity contribution in [2.24, 2.45) is 0 Å². The lowest BCUT2D eigenvalue weighted by Crippen LogP contribution is -2.16. The van der Waals surface area contributed by atoms with Gasteiger partial charge in [-0.05, 0) is 24.6 Å². The molecule has 1 N–H and O–H groups in total. The first-order valence-corrected chi connectivity index (χ1v) is 6.21. The first kappa shape index (κ1) is 15.1. The van der Waals surface area contributed by atoms with Crippen molar-refractivity contribution in [1.82, 2.24) is 9.78 Å². The molecule has 0 unspecified atom stereocenters. The Morgan fingerprint density at radius 1 is 1.33 bits per heavy atom. The van der Waals surface area contributed by atoms with Gasteiger partial charge in [0.15, 0.2) is 16.7 Å². The quantitative estimate of drug-likeness (QED) is 0.927. The van der Waals surface area contributed by atoms with E-state index in [0.717, 1.165) is 6.92 Å². The first-order chi connectivity index (χ1) is 9.81. The van der Waals surface area contributed by atoms with Gasteiger partial charge in [-0.2, -0.15) is 9.78 Å². The maximum absolute atomic E-state index is 13.8. The van der Waals surface area contributed by atoms with Crippen molar-refractivity contribution < 1.29 is 18.4 Å². The van der Waals surface area contributed by atoms with Crippen molar-refractivity contribution in [2.75, 3.05) is 5.32 Å². The van der Waals surface area contributed by atoms with Gasteiger partial charge in [-0.1, -0.05) is 17.7 Å². The molecule has 0 atom stereocenters. The van der Waals surface area contributed by atoms with Crippen LogP contribution in [-0.2, 0) is 0 Å². The largest absolute Gasteiger partial charge is 0.318 e. The number of nitrogens with zero attached hydrogens (tertiary/aromatic N) is 2. The third kappa shape index (κ3) is 2.92. The van der Waals surface area contributed by atoms with Crippen molar-refractivity contribution in [2.45, 2.75) is 13.8 Å². The van der Waals surface area contributed by atoms with Gasteiger partial charge in [0.1, 0.15) is 5.82 Å². The van der Waals surface area contributed by atoms with E-state index >= 15 is 0 Å². The number of halogens is 3. The molecule has 0 saturated carbocycles. The molecule has 5 nitrogen and oxygen atoms in total. The fourth-order valence-corrected chi connectivity index (χ4v) is 1.88. The minimum absolute atomic E-state index is 0.126. The second-order valence-electron chi connectivity index (χ2n) is 4.32. The van der Waals surface area contributed by atoms with Gasteiger partial charge in [0, 0.05) is 6.92 Å². The monoisotopic (exact) mass is 313 g/mol. The molecule has 0 spiro atoms. The minimum Gasteiger partial charge on any atom is -0.318 e. The summed E-state index contributed by atoms with van der Waals surface area (Å²) in [7, 11) is 0. The fourth-order valence-electron chi connectivity index (χ4n) is 1.64. The summed E-state index contributed by atoms with van der Waals surface area (Å²) in [6, 6.07) is 4.13. The summed E-state index contributed by atoms with van der Waals surface area (Å²) < 4.78 is 28.0. The lowest BCUT2D eigenvalue weighted by Gasteiger charge is -2.05. The summed E-state index contributed by atoms with van der Waals surface area (Å²) in [6.45, 7) is 2.79. The summed E-state index contributed by atoms with van der Waals surface area (Å²) in [5.41, 5.74) is -0.144. The third-order valence-electron chi connectivity index (χ3n) is 2.66. The molecule has 1 heterocycles. The van der Waals surface area contributed by atoms with Crippen LogP contribution in [0.1, 0.15) is 27.8 Å². The second kappa shape index (κ2) is 5.61. The van der Waals surface area contributed by atoms with Crippen molar-refractivity contribution >= 4 is 29.1 Å². The van der Waals surface area contributed by atoms with Gasteiger partial charge in [0.25, 0.3) is 5.91 Å². The van der Waals surface area contributed by atoms with E-state index < -0.39 is 34.3 Å². The summed E-state index contributed by atoms with van der Waals surface area (Å²) >= 11 is 5.56. The summed E-state index contributed by atoms with van der Waals surface area (Å²) in [5.74, 6) is -3.46. The maximum atomic E-state index is 13.8. The standard InChI is InChI=1S/C13H10ClF2N3O2/c1-6-3-4-9(8(15)5-6)17-13(21)11-10(16)12(14)19(18-11)7(2)20/h3-5H,1-2H3,(H,17,21). The third-order valence-corrected chi connectivity index (χ3v) is 2.99. The Morgan fingerprint density at radius 2 is 2.00 bits per heavy atom. The van der Waals surface area contributed by atoms with E-state index in [4.69, 9.17) is 11.6 Å². The molecule has 2 rings (SSSR count). The molecule has 0 aliphatic heterocycles. The molecule has 21 heavy (non-hydrogen) atoms. The number of anilines is 1. The Hall–Kier alpha value is -2.28. The van der Waals surface area contributed by atoms with Crippen molar-refractivity contribution in [3.8, 4) is 0 Å². The molecule has 1 amide bonds. The number of carbonyl (C=O) groups excluding carboxylic acids is 2. The van der Waals surface area contributed by atoms with Crippen LogP contribution in [0.2, 0.25) is 5.15 Å². The van der Waals surface area contributed by atoms with Crippen LogP contribution in [0.25, 0.3) is 0 Å². The molecular weight excluding hydrogens is 304 g/mol. The predicted molar refractivity (Wildman–Crippen MR) is 72.6 cm³/mol. The Bertz CT molecular complexity index is 743. The van der Waals surface area contributed by atoms with Gasteiger partial charge in [-0.15, -0.1) is 0 Å². The SMILES string of the molecule is CC(=O)n1nc(C(=O)Nc2ccc(C)cc2F)c(F)c1Cl. The second-order valence-corrected chi connectivity index (χ2v) is 4.68. The zero-order chi connectivity index (χ0) is 15.7. The van der Waals surface area contributed by atoms with Crippen LogP contribution in [0.15, 0.2) is 18.2 Å². The highest BCUT2D eigenvalue weighted by Gasteiger charge is 2.24. The first-order valence-electron chi connectivity index (χ1n) is 5.83. The molecule has 2 aromatic rings. The summed E-state index contributed by atoms with van der Waals surface area (Å²) in [4.78, 5) is 23.1. The molecule has 1 aromatic carbocycles. The molecule has 1 aromatic heterocycles. The van der Waals surface area contributed by atoms with Gasteiger partial charge in [-0.25, -0.2) is 8.78 Å². The van der Waals surface area contributed by atoms with E-state index in [9.17, 15) is 18.4 Å². The van der Waals surface area contributed by atoms with Gasteiger partial charge in [-0.3, -0.25) is 9.59 Å². The lowest BCUT2D eigenvalue weighted by molar-refractivity contribution is 0.0920. The van der Waals surface area contributed by atoms with Gasteiger partial charge < -0.3 is 5.32 Å². The molecule has 0 radical (unpaired) electrons. The van der Waals surface area contributed by atoms with E-state index in [2.05, 4.69) is 10.4 Å². The average Bonchev–Trinajstić information content (AvgIpc) is 2.70. The Kier molecular flexibility index (Phi) is 4.04. The van der Waals surface area contributed by atoms with Crippen LogP contribution in [-0.4, -0.2) is 21.6 Å². The molecule has 0 aliphatic rings. The molecule has 0 fully saturated rings. The van der Waals surface area contributed by atoms with Crippen LogP contribution < -0.4 is 5.32 Å². The molecule has 0 saturated heterocycles. The van der Waals surface area contributed by atoms with Gasteiger partial charge in [0.2, 0.25) is 5.91 Å². The minimum atomic E-state index is -1.14. The van der Waals surface area contributed by atoms with E-state index in [0.29, 0.717) is 10.2 Å². The number of hydrogen-bond acceptors (Lipinski definition) is 3. The zero-order valence-corrected chi connectivity index (χ0v) is 11.8. The van der Waals surface area contributed by atoms with Crippen LogP contribution in [0.3, 0.4) is 0 Å². The van der Waals surface area contributed by atoms with Crippen LogP contribution in [0.4, 0.5) is 14.5 Å². The number of nitrogens with one attached hydrogen (secondary N) is 1. The average molecular weight is 314 g/mol. The number of hydrogen-bond donors (Lipinski definition) is 1. The van der Waals surface area contributed by atoms with Crippen molar-refractivity contribution in [1.29, 1.82) is 0 Å². The Morgan fingerprint density at radius 3 is 2.52 bits per heavy atom. The molecule has 0 bridgehead atoms. The van der Waals surface area contributed by atoms with Crippen LogP contribution in [0, 0.1) is 18.6 Å². The number of rotatable bonds is 2. The number of carbonyl (C=O) groups is 2. The number of amides is 1. The molecule has 0 aliphatic carbocycles. The number of benzene rings is 1. The Labute approximate surface area is 123 Å². The van der Waals surface area contributed by atoms with Gasteiger partial charge in [0.05, 0.1) is 5.69 Å². The normalized spacial score (nSPS) is 10.5. The molecule has 110 valence electrons. The van der Waals surface area contributed by atoms with E-state index in [1.165, 1.54) is 12.1 Å². The van der Waals surface area contributed by atoms with Crippen molar-refractivity contribution in [3.05, 3.63) is 46.2 Å². The van der Waals surface area contributed by atoms with E-state index in [1.54, 1.807) is 13.0 Å². The topological polar surface area (TPSA) is 64.0 Å². The number of aromatic nitrogens is 2. The van der Waals surface area contributed by atoms with Gasteiger partial charge >= 0.3 is 0 Å². The number of aryl methyl sites for hydroxylation is 1. The lowest BCUT2D eigenvalue weighted by atomic mass is 10.2. The highest BCUT2D eigenvalue weighted by Crippen LogP contribution is 2.20. The van der Waals surface area contributed by atoms with E-state index in [-0.39, 0.29) is 5.69 Å². The maximum Gasteiger partial charge on any atom is 0.279 e. The van der Waals surface area contributed by atoms with E-state index in [1.807, 2.05) is 0 Å². The van der Waals surface area contributed by atoms with Crippen LogP contribution >= 0.6 is 11.6 Å². The zero-order valence-electron chi connectivity index (χ0n) is 11.1. The highest BCUT2D eigenvalue weighted by molar-refractivity contribution is 6.31. The fraction of sp³-hybridized carbons (Fsp3) is 0.154. The predicted octanol–water partition coefficient (Wildman–Crippen LogP) is 3.04. The molecule has 8 heteroatoms. The van der Waals surface area contributed by atoms with Crippen molar-refractivity contribution in [3.63, 3.8) is 0 Å². The highest BCUT2D eigenvalue weighted by atomic mass is 35.5. The summed E-state index contributed by atoms with van der Waals surface area (Å²) in [6.07, 6.45) is 0. The Balaban J connectivity index is 2.33. The molecular formula is C13H10ClF2N3O2. The summed E-state index contributed by atoms with van der Waals surface area (Å²) in [5, 5.41) is 5.05.